The normalized spacial score (nSPS) is 12.8. The summed E-state index contributed by atoms with van der Waals surface area (Å²) in [6.07, 6.45) is 2.98. The Morgan fingerprint density at radius 3 is 2.75 bits per heavy atom. The van der Waals surface area contributed by atoms with Crippen LogP contribution in [0.2, 0.25) is 0 Å². The van der Waals surface area contributed by atoms with Crippen LogP contribution in [0.4, 0.5) is 0 Å². The molecule has 16 heavy (non-hydrogen) atoms. The highest BCUT2D eigenvalue weighted by molar-refractivity contribution is 5.25. The number of nitrogens with zero attached hydrogens (tertiary/aromatic N) is 1. The molecule has 1 heterocycles. The summed E-state index contributed by atoms with van der Waals surface area (Å²) >= 11 is 0. The van der Waals surface area contributed by atoms with Crippen molar-refractivity contribution in [2.45, 2.75) is 52.8 Å². The lowest BCUT2D eigenvalue weighted by molar-refractivity contribution is 0.206. The molecule has 0 spiro atoms. The molecule has 1 rings (SSSR count). The molecule has 0 fully saturated rings. The molecule has 0 amide bonds. The average Bonchev–Trinajstić information content (AvgIpc) is 2.27. The second kappa shape index (κ2) is 6.48. The second-order valence-electron chi connectivity index (χ2n) is 4.34. The van der Waals surface area contributed by atoms with Crippen molar-refractivity contribution in [3.05, 3.63) is 23.9 Å². The Morgan fingerprint density at radius 1 is 1.38 bits per heavy atom. The van der Waals surface area contributed by atoms with Crippen molar-refractivity contribution in [1.82, 2.24) is 10.3 Å². The standard InChI is InChI=1S/C13H22N2O/c1-5-11(4)16-13-12(7-6-8-14-13)9-15-10(2)3/h6-8,10-11,15H,5,9H2,1-4H3. The molecule has 1 atom stereocenters. The molecule has 3 heteroatoms. The van der Waals surface area contributed by atoms with Crippen LogP contribution >= 0.6 is 0 Å². The van der Waals surface area contributed by atoms with Gasteiger partial charge in [0.15, 0.2) is 0 Å². The minimum atomic E-state index is 0.215. The van der Waals surface area contributed by atoms with Gasteiger partial charge in [0.05, 0.1) is 6.10 Å². The SMILES string of the molecule is CCC(C)Oc1ncccc1CNC(C)C. The fraction of sp³-hybridized carbons (Fsp3) is 0.615. The van der Waals surface area contributed by atoms with Crippen LogP contribution in [0.25, 0.3) is 0 Å². The lowest BCUT2D eigenvalue weighted by Crippen LogP contribution is -2.23. The van der Waals surface area contributed by atoms with Crippen LogP contribution in [0.3, 0.4) is 0 Å². The minimum Gasteiger partial charge on any atom is -0.474 e. The molecule has 0 radical (unpaired) electrons. The average molecular weight is 222 g/mol. The topological polar surface area (TPSA) is 34.1 Å². The van der Waals surface area contributed by atoms with E-state index in [0.717, 1.165) is 24.4 Å². The quantitative estimate of drug-likeness (QED) is 0.803. The van der Waals surface area contributed by atoms with Crippen LogP contribution in [0.1, 0.15) is 39.7 Å². The number of nitrogens with one attached hydrogen (secondary N) is 1. The van der Waals surface area contributed by atoms with Gasteiger partial charge in [-0.2, -0.15) is 0 Å². The van der Waals surface area contributed by atoms with Crippen LogP contribution in [0, 0.1) is 0 Å². The van der Waals surface area contributed by atoms with Crippen molar-refractivity contribution in [3.63, 3.8) is 0 Å². The van der Waals surface area contributed by atoms with Gasteiger partial charge in [-0.15, -0.1) is 0 Å². The van der Waals surface area contributed by atoms with E-state index < -0.39 is 0 Å². The van der Waals surface area contributed by atoms with Crippen molar-refractivity contribution in [1.29, 1.82) is 0 Å². The maximum Gasteiger partial charge on any atom is 0.218 e. The van der Waals surface area contributed by atoms with Crippen LogP contribution in [-0.2, 0) is 6.54 Å². The number of rotatable bonds is 6. The largest absolute Gasteiger partial charge is 0.474 e. The van der Waals surface area contributed by atoms with E-state index in [1.54, 1.807) is 6.20 Å². The summed E-state index contributed by atoms with van der Waals surface area (Å²) in [5.74, 6) is 0.755. The highest BCUT2D eigenvalue weighted by Gasteiger charge is 2.08. The van der Waals surface area contributed by atoms with Gasteiger partial charge in [-0.1, -0.05) is 26.8 Å². The van der Waals surface area contributed by atoms with Gasteiger partial charge < -0.3 is 10.1 Å². The van der Waals surface area contributed by atoms with Gasteiger partial charge in [-0.25, -0.2) is 4.98 Å². The van der Waals surface area contributed by atoms with Gasteiger partial charge in [0, 0.05) is 24.3 Å². The van der Waals surface area contributed by atoms with Gasteiger partial charge in [-0.05, 0) is 19.4 Å². The van der Waals surface area contributed by atoms with E-state index >= 15 is 0 Å². The predicted molar refractivity (Wildman–Crippen MR) is 66.6 cm³/mol. The van der Waals surface area contributed by atoms with E-state index in [1.165, 1.54) is 0 Å². The first kappa shape index (κ1) is 13.0. The zero-order valence-electron chi connectivity index (χ0n) is 10.7. The van der Waals surface area contributed by atoms with Crippen molar-refractivity contribution in [2.75, 3.05) is 0 Å². The third-order valence-corrected chi connectivity index (χ3v) is 2.44. The Balaban J connectivity index is 2.67. The number of ether oxygens (including phenoxy) is 1. The van der Waals surface area contributed by atoms with E-state index in [0.29, 0.717) is 6.04 Å². The summed E-state index contributed by atoms with van der Waals surface area (Å²) in [6, 6.07) is 4.47. The molecule has 1 unspecified atom stereocenters. The van der Waals surface area contributed by atoms with Gasteiger partial charge in [0.2, 0.25) is 5.88 Å². The Labute approximate surface area is 98.2 Å². The Bertz CT molecular complexity index is 313. The number of hydrogen-bond donors (Lipinski definition) is 1. The summed E-state index contributed by atoms with van der Waals surface area (Å²) in [5, 5.41) is 3.37. The molecule has 1 N–H and O–H groups in total. The first-order valence-corrected chi connectivity index (χ1v) is 5.97. The summed E-state index contributed by atoms with van der Waals surface area (Å²) in [5.41, 5.74) is 1.12. The molecule has 1 aromatic rings. The van der Waals surface area contributed by atoms with Crippen molar-refractivity contribution < 1.29 is 4.74 Å². The van der Waals surface area contributed by atoms with Crippen molar-refractivity contribution in [2.24, 2.45) is 0 Å². The van der Waals surface area contributed by atoms with Crippen LogP contribution in [0.15, 0.2) is 18.3 Å². The first-order valence-electron chi connectivity index (χ1n) is 5.97. The second-order valence-corrected chi connectivity index (χ2v) is 4.34. The van der Waals surface area contributed by atoms with Gasteiger partial charge in [-0.3, -0.25) is 0 Å². The molecule has 0 bridgehead atoms. The molecule has 0 aliphatic carbocycles. The highest BCUT2D eigenvalue weighted by Crippen LogP contribution is 2.16. The summed E-state index contributed by atoms with van der Waals surface area (Å²) in [7, 11) is 0. The minimum absolute atomic E-state index is 0.215. The van der Waals surface area contributed by atoms with E-state index in [4.69, 9.17) is 4.74 Å². The Morgan fingerprint density at radius 2 is 2.12 bits per heavy atom. The zero-order valence-corrected chi connectivity index (χ0v) is 10.7. The van der Waals surface area contributed by atoms with E-state index in [9.17, 15) is 0 Å². The van der Waals surface area contributed by atoms with E-state index in [2.05, 4.69) is 44.1 Å². The number of aromatic nitrogens is 1. The summed E-state index contributed by atoms with van der Waals surface area (Å²) < 4.78 is 5.78. The zero-order chi connectivity index (χ0) is 12.0. The third-order valence-electron chi connectivity index (χ3n) is 2.44. The molecule has 0 saturated carbocycles. The molecule has 90 valence electrons. The molecular formula is C13H22N2O. The number of pyridine rings is 1. The predicted octanol–water partition coefficient (Wildman–Crippen LogP) is 2.76. The maximum atomic E-state index is 5.78. The lowest BCUT2D eigenvalue weighted by atomic mass is 10.2. The smallest absolute Gasteiger partial charge is 0.218 e. The fourth-order valence-electron chi connectivity index (χ4n) is 1.25. The Hall–Kier alpha value is -1.09. The molecule has 0 aromatic carbocycles. The highest BCUT2D eigenvalue weighted by atomic mass is 16.5. The van der Waals surface area contributed by atoms with Gasteiger partial charge in [0.1, 0.15) is 0 Å². The molecule has 1 aromatic heterocycles. The summed E-state index contributed by atoms with van der Waals surface area (Å²) in [6.45, 7) is 9.24. The third kappa shape index (κ3) is 4.19. The monoisotopic (exact) mass is 222 g/mol. The number of hydrogen-bond acceptors (Lipinski definition) is 3. The fourth-order valence-corrected chi connectivity index (χ4v) is 1.25. The van der Waals surface area contributed by atoms with Crippen molar-refractivity contribution >= 4 is 0 Å². The van der Waals surface area contributed by atoms with Crippen LogP contribution in [-0.4, -0.2) is 17.1 Å². The van der Waals surface area contributed by atoms with E-state index in [1.807, 2.05) is 6.07 Å². The first-order chi connectivity index (χ1) is 7.63. The van der Waals surface area contributed by atoms with Gasteiger partial charge >= 0.3 is 0 Å². The maximum absolute atomic E-state index is 5.78. The summed E-state index contributed by atoms with van der Waals surface area (Å²) in [4.78, 5) is 4.28. The Kier molecular flexibility index (Phi) is 5.26. The van der Waals surface area contributed by atoms with Crippen LogP contribution < -0.4 is 10.1 Å². The van der Waals surface area contributed by atoms with Crippen molar-refractivity contribution in [3.8, 4) is 5.88 Å². The molecule has 0 aliphatic rings. The molecule has 3 nitrogen and oxygen atoms in total. The molecule has 0 saturated heterocycles. The van der Waals surface area contributed by atoms with Gasteiger partial charge in [0.25, 0.3) is 0 Å². The van der Waals surface area contributed by atoms with E-state index in [-0.39, 0.29) is 6.10 Å². The lowest BCUT2D eigenvalue weighted by Gasteiger charge is -2.15. The molecule has 0 aliphatic heterocycles. The van der Waals surface area contributed by atoms with Crippen LogP contribution in [0.5, 0.6) is 5.88 Å². The molecular weight excluding hydrogens is 200 g/mol.